The number of carbonyl (C=O) groups is 2. The van der Waals surface area contributed by atoms with Crippen LogP contribution in [0.4, 0.5) is 5.69 Å². The molecule has 0 saturated carbocycles. The van der Waals surface area contributed by atoms with Gasteiger partial charge in [-0.15, -0.1) is 0 Å². The van der Waals surface area contributed by atoms with Crippen molar-refractivity contribution in [2.75, 3.05) is 19.1 Å². The van der Waals surface area contributed by atoms with Crippen LogP contribution in [0, 0.1) is 5.92 Å². The van der Waals surface area contributed by atoms with Crippen LogP contribution in [0.25, 0.3) is 0 Å². The predicted molar refractivity (Wildman–Crippen MR) is 75.5 cm³/mol. The van der Waals surface area contributed by atoms with Crippen LogP contribution in [0.1, 0.15) is 13.3 Å². The minimum Gasteiger partial charge on any atom is -0.496 e. The Labute approximate surface area is 120 Å². The molecule has 0 aromatic heterocycles. The predicted octanol–water partition coefficient (Wildman–Crippen LogP) is 2.53. The van der Waals surface area contributed by atoms with Crippen molar-refractivity contribution in [2.24, 2.45) is 5.92 Å². The zero-order valence-corrected chi connectivity index (χ0v) is 12.6. The molecule has 0 saturated heterocycles. The Morgan fingerprint density at radius 1 is 1.47 bits per heavy atom. The van der Waals surface area contributed by atoms with Crippen molar-refractivity contribution >= 4 is 33.5 Å². The number of nitrogens with zero attached hydrogens (tertiary/aromatic N) is 1. The molecule has 104 valence electrons. The summed E-state index contributed by atoms with van der Waals surface area (Å²) in [6, 6.07) is 5.13. The minimum atomic E-state index is -1.10. The Kier molecular flexibility index (Phi) is 5.35. The van der Waals surface area contributed by atoms with Crippen molar-refractivity contribution < 1.29 is 19.4 Å². The van der Waals surface area contributed by atoms with Gasteiger partial charge in [-0.2, -0.15) is 0 Å². The fourth-order valence-electron chi connectivity index (χ4n) is 1.68. The van der Waals surface area contributed by atoms with Crippen molar-refractivity contribution in [2.45, 2.75) is 13.3 Å². The topological polar surface area (TPSA) is 66.8 Å². The molecule has 1 rings (SSSR count). The van der Waals surface area contributed by atoms with E-state index < -0.39 is 17.8 Å². The van der Waals surface area contributed by atoms with Gasteiger partial charge in [0.2, 0.25) is 5.91 Å². The first-order chi connectivity index (χ1) is 8.92. The van der Waals surface area contributed by atoms with Gasteiger partial charge in [0.05, 0.1) is 11.6 Å². The summed E-state index contributed by atoms with van der Waals surface area (Å²) in [4.78, 5) is 24.4. The molecule has 5 nitrogen and oxygen atoms in total. The number of rotatable bonds is 5. The van der Waals surface area contributed by atoms with Crippen LogP contribution >= 0.6 is 15.9 Å². The van der Waals surface area contributed by atoms with Gasteiger partial charge in [-0.1, -0.05) is 6.92 Å². The minimum absolute atomic E-state index is 0.260. The maximum atomic E-state index is 12.1. The zero-order chi connectivity index (χ0) is 14.6. The molecule has 0 fully saturated rings. The second-order valence-electron chi connectivity index (χ2n) is 4.02. The number of carboxylic acids is 1. The quantitative estimate of drug-likeness (QED) is 0.843. The van der Waals surface area contributed by atoms with Crippen LogP contribution in [0.5, 0.6) is 5.75 Å². The van der Waals surface area contributed by atoms with E-state index in [0.29, 0.717) is 15.9 Å². The summed E-state index contributed by atoms with van der Waals surface area (Å²) < 4.78 is 5.81. The third-order valence-electron chi connectivity index (χ3n) is 2.86. The summed E-state index contributed by atoms with van der Waals surface area (Å²) in [5, 5.41) is 9.00. The first kappa shape index (κ1) is 15.5. The standard InChI is InChI=1S/C13H16BrNO4/c1-4-9(13(17)18)12(16)15(2)8-5-6-11(19-3)10(14)7-8/h5-7,9H,4H2,1-3H3,(H,17,18). The highest BCUT2D eigenvalue weighted by atomic mass is 79.9. The lowest BCUT2D eigenvalue weighted by Crippen LogP contribution is -2.36. The number of hydrogen-bond acceptors (Lipinski definition) is 3. The van der Waals surface area contributed by atoms with Crippen LogP contribution in [0.3, 0.4) is 0 Å². The third-order valence-corrected chi connectivity index (χ3v) is 3.48. The van der Waals surface area contributed by atoms with E-state index in [1.807, 2.05) is 0 Å². The Morgan fingerprint density at radius 2 is 2.11 bits per heavy atom. The number of anilines is 1. The summed E-state index contributed by atoms with van der Waals surface area (Å²) in [6.45, 7) is 1.68. The largest absolute Gasteiger partial charge is 0.496 e. The zero-order valence-electron chi connectivity index (χ0n) is 11.0. The number of halogens is 1. The summed E-state index contributed by atoms with van der Waals surface area (Å²) in [7, 11) is 3.11. The molecule has 0 bridgehead atoms. The van der Waals surface area contributed by atoms with E-state index >= 15 is 0 Å². The summed E-state index contributed by atoms with van der Waals surface area (Å²) in [5.74, 6) is -1.92. The molecule has 19 heavy (non-hydrogen) atoms. The number of ether oxygens (including phenoxy) is 1. The normalized spacial score (nSPS) is 11.8. The second-order valence-corrected chi connectivity index (χ2v) is 4.87. The second kappa shape index (κ2) is 6.56. The molecule has 0 aliphatic rings. The fraction of sp³-hybridized carbons (Fsp3) is 0.385. The van der Waals surface area contributed by atoms with Gasteiger partial charge in [-0.3, -0.25) is 9.59 Å². The number of carboxylic acid groups (broad SMARTS) is 1. The van der Waals surface area contributed by atoms with E-state index in [4.69, 9.17) is 9.84 Å². The summed E-state index contributed by atoms with van der Waals surface area (Å²) in [5.41, 5.74) is 0.609. The molecule has 0 radical (unpaired) electrons. The molecular formula is C13H16BrNO4. The van der Waals surface area contributed by atoms with Crippen molar-refractivity contribution in [1.29, 1.82) is 0 Å². The summed E-state index contributed by atoms with van der Waals surface area (Å²) in [6.07, 6.45) is 0.260. The average molecular weight is 330 g/mol. The first-order valence-corrected chi connectivity index (χ1v) is 6.55. The van der Waals surface area contributed by atoms with E-state index in [0.717, 1.165) is 0 Å². The lowest BCUT2D eigenvalue weighted by Gasteiger charge is -2.21. The molecule has 1 aromatic rings. The van der Waals surface area contributed by atoms with Gasteiger partial charge >= 0.3 is 5.97 Å². The van der Waals surface area contributed by atoms with Crippen LogP contribution in [0.2, 0.25) is 0 Å². The Morgan fingerprint density at radius 3 is 2.53 bits per heavy atom. The fourth-order valence-corrected chi connectivity index (χ4v) is 2.21. The van der Waals surface area contributed by atoms with E-state index in [1.54, 1.807) is 39.3 Å². The molecule has 0 aliphatic carbocycles. The molecule has 0 spiro atoms. The van der Waals surface area contributed by atoms with Crippen molar-refractivity contribution in [3.8, 4) is 5.75 Å². The molecular weight excluding hydrogens is 314 g/mol. The maximum Gasteiger partial charge on any atom is 0.316 e. The molecule has 0 aliphatic heterocycles. The number of methoxy groups -OCH3 is 1. The van der Waals surface area contributed by atoms with Gasteiger partial charge in [0.25, 0.3) is 0 Å². The van der Waals surface area contributed by atoms with Crippen LogP contribution in [-0.4, -0.2) is 31.1 Å². The van der Waals surface area contributed by atoms with E-state index in [2.05, 4.69) is 15.9 Å². The number of hydrogen-bond donors (Lipinski definition) is 1. The van der Waals surface area contributed by atoms with Gasteiger partial charge < -0.3 is 14.7 Å². The molecule has 1 amide bonds. The van der Waals surface area contributed by atoms with Crippen LogP contribution in [0.15, 0.2) is 22.7 Å². The lowest BCUT2D eigenvalue weighted by molar-refractivity contribution is -0.146. The van der Waals surface area contributed by atoms with E-state index in [1.165, 1.54) is 4.90 Å². The first-order valence-electron chi connectivity index (χ1n) is 5.76. The highest BCUT2D eigenvalue weighted by Gasteiger charge is 2.27. The molecule has 6 heteroatoms. The third kappa shape index (κ3) is 3.47. The average Bonchev–Trinajstić information content (AvgIpc) is 2.37. The molecule has 1 aromatic carbocycles. The van der Waals surface area contributed by atoms with E-state index in [9.17, 15) is 9.59 Å². The van der Waals surface area contributed by atoms with Gasteiger partial charge in [-0.05, 0) is 40.5 Å². The van der Waals surface area contributed by atoms with Gasteiger partial charge in [0.15, 0.2) is 0 Å². The Balaban J connectivity index is 2.99. The highest BCUT2D eigenvalue weighted by molar-refractivity contribution is 9.10. The molecule has 1 atom stereocenters. The molecule has 1 unspecified atom stereocenters. The number of carbonyl (C=O) groups excluding carboxylic acids is 1. The van der Waals surface area contributed by atoms with Crippen molar-refractivity contribution in [3.05, 3.63) is 22.7 Å². The van der Waals surface area contributed by atoms with E-state index in [-0.39, 0.29) is 6.42 Å². The van der Waals surface area contributed by atoms with Crippen molar-refractivity contribution in [1.82, 2.24) is 0 Å². The monoisotopic (exact) mass is 329 g/mol. The Bertz CT molecular complexity index is 490. The molecule has 1 N–H and O–H groups in total. The van der Waals surface area contributed by atoms with Crippen LogP contribution in [-0.2, 0) is 9.59 Å². The van der Waals surface area contributed by atoms with Crippen molar-refractivity contribution in [3.63, 3.8) is 0 Å². The lowest BCUT2D eigenvalue weighted by atomic mass is 10.1. The maximum absolute atomic E-state index is 12.1. The van der Waals surface area contributed by atoms with Crippen LogP contribution < -0.4 is 9.64 Å². The van der Waals surface area contributed by atoms with Gasteiger partial charge in [0, 0.05) is 12.7 Å². The molecule has 0 heterocycles. The van der Waals surface area contributed by atoms with Gasteiger partial charge in [-0.25, -0.2) is 0 Å². The number of benzene rings is 1. The summed E-state index contributed by atoms with van der Waals surface area (Å²) >= 11 is 3.33. The Hall–Kier alpha value is -1.56. The SMILES string of the molecule is CCC(C(=O)O)C(=O)N(C)c1ccc(OC)c(Br)c1. The number of aliphatic carboxylic acids is 1. The smallest absolute Gasteiger partial charge is 0.316 e. The number of amides is 1. The van der Waals surface area contributed by atoms with Gasteiger partial charge in [0.1, 0.15) is 11.7 Å². The highest BCUT2D eigenvalue weighted by Crippen LogP contribution is 2.29.